The van der Waals surface area contributed by atoms with E-state index < -0.39 is 0 Å². The number of aromatic nitrogens is 1. The van der Waals surface area contributed by atoms with Crippen LogP contribution in [-0.4, -0.2) is 41.3 Å². The molecule has 0 radical (unpaired) electrons. The fourth-order valence-electron chi connectivity index (χ4n) is 4.00. The number of benzene rings is 2. The second-order valence-electron chi connectivity index (χ2n) is 7.62. The summed E-state index contributed by atoms with van der Waals surface area (Å²) in [5.74, 6) is 0.694. The summed E-state index contributed by atoms with van der Waals surface area (Å²) in [6.45, 7) is 7.09. The molecule has 2 aromatic heterocycles. The Morgan fingerprint density at radius 2 is 1.97 bits per heavy atom. The van der Waals surface area contributed by atoms with Crippen LogP contribution in [0.4, 0.5) is 0 Å². The smallest absolute Gasteiger partial charge is 0.203 e. The molecule has 3 heterocycles. The van der Waals surface area contributed by atoms with E-state index in [9.17, 15) is 9.90 Å². The van der Waals surface area contributed by atoms with Crippen molar-refractivity contribution in [2.45, 2.75) is 20.4 Å². The zero-order valence-corrected chi connectivity index (χ0v) is 17.7. The van der Waals surface area contributed by atoms with Crippen molar-refractivity contribution in [1.82, 2.24) is 9.88 Å². The predicted octanol–water partition coefficient (Wildman–Crippen LogP) is 4.22. The van der Waals surface area contributed by atoms with Crippen LogP contribution >= 0.6 is 11.3 Å². The topological polar surface area (TPSA) is 75.8 Å². The van der Waals surface area contributed by atoms with E-state index in [0.29, 0.717) is 52.6 Å². The Balaban J connectivity index is 1.68. The monoisotopic (exact) mass is 422 g/mol. The van der Waals surface area contributed by atoms with Gasteiger partial charge in [-0.3, -0.25) is 9.69 Å². The van der Waals surface area contributed by atoms with E-state index >= 15 is 0 Å². The molecule has 154 valence electrons. The van der Waals surface area contributed by atoms with Crippen LogP contribution < -0.4 is 5.43 Å². The summed E-state index contributed by atoms with van der Waals surface area (Å²) >= 11 is 1.48. The van der Waals surface area contributed by atoms with Gasteiger partial charge in [-0.1, -0.05) is 12.1 Å². The quantitative estimate of drug-likeness (QED) is 0.533. The van der Waals surface area contributed by atoms with Crippen LogP contribution in [0.5, 0.6) is 5.75 Å². The number of fused-ring (bicyclic) bond motifs is 2. The number of aromatic hydroxyl groups is 1. The molecule has 0 unspecified atom stereocenters. The van der Waals surface area contributed by atoms with Crippen molar-refractivity contribution in [3.05, 3.63) is 57.4 Å². The molecule has 1 fully saturated rings. The molecule has 1 aliphatic heterocycles. The summed E-state index contributed by atoms with van der Waals surface area (Å²) in [6, 6.07) is 9.61. The zero-order chi connectivity index (χ0) is 20.8. The van der Waals surface area contributed by atoms with Crippen LogP contribution in [0, 0.1) is 13.8 Å². The molecule has 1 aliphatic rings. The van der Waals surface area contributed by atoms with E-state index in [1.165, 1.54) is 11.3 Å². The first-order chi connectivity index (χ1) is 14.5. The fraction of sp³-hybridized carbons (Fsp3) is 0.304. The van der Waals surface area contributed by atoms with E-state index in [4.69, 9.17) is 9.15 Å². The average molecular weight is 423 g/mol. The molecule has 6 nitrogen and oxygen atoms in total. The number of ether oxygens (including phenoxy) is 1. The van der Waals surface area contributed by atoms with Crippen molar-refractivity contribution in [3.8, 4) is 16.3 Å². The summed E-state index contributed by atoms with van der Waals surface area (Å²) in [7, 11) is 0. The van der Waals surface area contributed by atoms with Gasteiger partial charge in [0.05, 0.1) is 34.4 Å². The predicted molar refractivity (Wildman–Crippen MR) is 118 cm³/mol. The highest BCUT2D eigenvalue weighted by Crippen LogP contribution is 2.35. The molecule has 0 bridgehead atoms. The van der Waals surface area contributed by atoms with Crippen molar-refractivity contribution in [3.63, 3.8) is 0 Å². The molecule has 0 atom stereocenters. The zero-order valence-electron chi connectivity index (χ0n) is 16.9. The van der Waals surface area contributed by atoms with Gasteiger partial charge < -0.3 is 14.3 Å². The standard InChI is InChI=1S/C23H22N2O4S/c1-13-20(26)15(12-25-7-9-28-10-8-25)11-16-21(27)19(14(2)29-22(13)16)23-24-17-5-3-4-6-18(17)30-23/h3-6,11,26H,7-10,12H2,1-2H3. The van der Waals surface area contributed by atoms with Crippen molar-refractivity contribution >= 4 is 32.5 Å². The molecule has 0 spiro atoms. The first kappa shape index (κ1) is 19.2. The third-order valence-corrected chi connectivity index (χ3v) is 6.70. The first-order valence-electron chi connectivity index (χ1n) is 9.98. The lowest BCUT2D eigenvalue weighted by atomic mass is 10.0. The van der Waals surface area contributed by atoms with Gasteiger partial charge in [-0.05, 0) is 32.0 Å². The van der Waals surface area contributed by atoms with E-state index in [0.717, 1.165) is 28.9 Å². The third kappa shape index (κ3) is 3.19. The maximum atomic E-state index is 13.5. The molecule has 0 aliphatic carbocycles. The average Bonchev–Trinajstić information content (AvgIpc) is 3.17. The minimum atomic E-state index is -0.112. The van der Waals surface area contributed by atoms with E-state index in [1.54, 1.807) is 19.9 Å². The van der Waals surface area contributed by atoms with Crippen LogP contribution in [0.2, 0.25) is 0 Å². The normalized spacial score (nSPS) is 15.3. The van der Waals surface area contributed by atoms with Gasteiger partial charge in [0.1, 0.15) is 22.1 Å². The van der Waals surface area contributed by atoms with E-state index in [1.807, 2.05) is 24.3 Å². The maximum absolute atomic E-state index is 13.5. The summed E-state index contributed by atoms with van der Waals surface area (Å²) in [6.07, 6.45) is 0. The van der Waals surface area contributed by atoms with Crippen LogP contribution in [0.25, 0.3) is 31.8 Å². The van der Waals surface area contributed by atoms with Gasteiger partial charge in [-0.2, -0.15) is 0 Å². The molecule has 30 heavy (non-hydrogen) atoms. The lowest BCUT2D eigenvalue weighted by Crippen LogP contribution is -2.35. The summed E-state index contributed by atoms with van der Waals surface area (Å²) < 4.78 is 12.5. The minimum Gasteiger partial charge on any atom is -0.507 e. The fourth-order valence-corrected chi connectivity index (χ4v) is 5.06. The molecular formula is C23H22N2O4S. The number of aryl methyl sites for hydroxylation is 2. The number of phenolic OH excluding ortho intramolecular Hbond substituents is 1. The van der Waals surface area contributed by atoms with Crippen molar-refractivity contribution < 1.29 is 14.3 Å². The van der Waals surface area contributed by atoms with Crippen LogP contribution in [-0.2, 0) is 11.3 Å². The molecule has 5 rings (SSSR count). The molecule has 0 saturated carbocycles. The Morgan fingerprint density at radius 1 is 1.20 bits per heavy atom. The Hall–Kier alpha value is -2.74. The van der Waals surface area contributed by atoms with Crippen molar-refractivity contribution in [2.75, 3.05) is 26.3 Å². The molecule has 0 amide bonds. The van der Waals surface area contributed by atoms with Gasteiger partial charge in [0.2, 0.25) is 5.43 Å². The lowest BCUT2D eigenvalue weighted by molar-refractivity contribution is 0.0339. The number of hydrogen-bond acceptors (Lipinski definition) is 7. The minimum absolute atomic E-state index is 0.112. The van der Waals surface area contributed by atoms with Gasteiger partial charge in [0.15, 0.2) is 0 Å². The number of thiazole rings is 1. The number of rotatable bonds is 3. The van der Waals surface area contributed by atoms with Gasteiger partial charge in [-0.25, -0.2) is 4.98 Å². The lowest BCUT2D eigenvalue weighted by Gasteiger charge is -2.27. The van der Waals surface area contributed by atoms with Crippen molar-refractivity contribution in [1.29, 1.82) is 0 Å². The van der Waals surface area contributed by atoms with Gasteiger partial charge in [-0.15, -0.1) is 11.3 Å². The summed E-state index contributed by atoms with van der Waals surface area (Å²) in [5, 5.41) is 11.9. The highest BCUT2D eigenvalue weighted by Gasteiger charge is 2.22. The number of hydrogen-bond donors (Lipinski definition) is 1. The number of nitrogens with zero attached hydrogens (tertiary/aromatic N) is 2. The Kier molecular flexibility index (Phi) is 4.81. The Labute approximate surface area is 177 Å². The number of phenols is 1. The van der Waals surface area contributed by atoms with Crippen LogP contribution in [0.3, 0.4) is 0 Å². The van der Waals surface area contributed by atoms with Gasteiger partial charge in [0.25, 0.3) is 0 Å². The van der Waals surface area contributed by atoms with Crippen LogP contribution in [0.1, 0.15) is 16.9 Å². The maximum Gasteiger partial charge on any atom is 0.203 e. The second kappa shape index (κ2) is 7.50. The molecule has 1 N–H and O–H groups in total. The SMILES string of the molecule is Cc1oc2c(C)c(O)c(CN3CCOCC3)cc2c(=O)c1-c1nc2ccccc2s1. The summed E-state index contributed by atoms with van der Waals surface area (Å²) in [5.41, 5.74) is 3.00. The van der Waals surface area contributed by atoms with E-state index in [2.05, 4.69) is 9.88 Å². The van der Waals surface area contributed by atoms with Crippen molar-refractivity contribution in [2.24, 2.45) is 0 Å². The van der Waals surface area contributed by atoms with Gasteiger partial charge >= 0.3 is 0 Å². The van der Waals surface area contributed by atoms with Crippen LogP contribution in [0.15, 0.2) is 39.5 Å². The second-order valence-corrected chi connectivity index (χ2v) is 8.65. The van der Waals surface area contributed by atoms with Gasteiger partial charge in [0, 0.05) is 30.8 Å². The number of para-hydroxylation sites is 1. The molecular weight excluding hydrogens is 400 g/mol. The first-order valence-corrected chi connectivity index (χ1v) is 10.8. The largest absolute Gasteiger partial charge is 0.507 e. The molecule has 7 heteroatoms. The molecule has 1 saturated heterocycles. The Bertz CT molecular complexity index is 1290. The number of morpholine rings is 1. The molecule has 2 aromatic carbocycles. The summed E-state index contributed by atoms with van der Waals surface area (Å²) in [4.78, 5) is 20.4. The highest BCUT2D eigenvalue weighted by atomic mass is 32.1. The molecule has 4 aromatic rings. The Morgan fingerprint density at radius 3 is 2.73 bits per heavy atom. The highest BCUT2D eigenvalue weighted by molar-refractivity contribution is 7.21. The van der Waals surface area contributed by atoms with E-state index in [-0.39, 0.29) is 11.2 Å². The third-order valence-electron chi connectivity index (χ3n) is 5.65.